The van der Waals surface area contributed by atoms with Gasteiger partial charge >= 0.3 is 0 Å². The topological polar surface area (TPSA) is 58.2 Å². The van der Waals surface area contributed by atoms with E-state index in [0.717, 1.165) is 0 Å². The molecule has 0 aliphatic carbocycles. The van der Waals surface area contributed by atoms with Crippen LogP contribution in [0.4, 0.5) is 0 Å². The quantitative estimate of drug-likeness (QED) is 0.792. The average Bonchev–Trinajstić information content (AvgIpc) is 2.38. The van der Waals surface area contributed by atoms with Crippen molar-refractivity contribution in [2.75, 3.05) is 13.1 Å². The molecule has 4 nitrogen and oxygen atoms in total. The number of nitrogens with one attached hydrogen (secondary N) is 2. The Morgan fingerprint density at radius 3 is 2.20 bits per heavy atom. The van der Waals surface area contributed by atoms with Crippen LogP contribution >= 0.6 is 23.2 Å². The van der Waals surface area contributed by atoms with Crippen molar-refractivity contribution in [3.8, 4) is 0 Å². The molecule has 20 heavy (non-hydrogen) atoms. The molecule has 0 unspecified atom stereocenters. The zero-order chi connectivity index (χ0) is 15.1. The van der Waals surface area contributed by atoms with E-state index in [1.165, 1.54) is 0 Å². The normalized spacial score (nSPS) is 10.4. The van der Waals surface area contributed by atoms with Gasteiger partial charge in [-0.2, -0.15) is 0 Å². The standard InChI is InChI=1S/C14H18Cl2N2O2/c1-9(2)14(20)18-7-6-17-13(19)8-10-11(15)4-3-5-12(10)16/h3-5,9H,6-8H2,1-2H3,(H,17,19)(H,18,20). The summed E-state index contributed by atoms with van der Waals surface area (Å²) in [4.78, 5) is 23.1. The number of amides is 2. The van der Waals surface area contributed by atoms with Crippen molar-refractivity contribution in [2.24, 2.45) is 5.92 Å². The van der Waals surface area contributed by atoms with Crippen LogP contribution in [0.25, 0.3) is 0 Å². The van der Waals surface area contributed by atoms with E-state index >= 15 is 0 Å². The molecule has 1 aromatic carbocycles. The average molecular weight is 317 g/mol. The molecule has 0 saturated carbocycles. The van der Waals surface area contributed by atoms with E-state index in [2.05, 4.69) is 10.6 Å². The fourth-order valence-corrected chi connectivity index (χ4v) is 2.05. The van der Waals surface area contributed by atoms with Gasteiger partial charge in [-0.25, -0.2) is 0 Å². The van der Waals surface area contributed by atoms with Gasteiger partial charge in [0.15, 0.2) is 0 Å². The monoisotopic (exact) mass is 316 g/mol. The molecule has 2 amide bonds. The lowest BCUT2D eigenvalue weighted by molar-refractivity contribution is -0.124. The Labute approximate surface area is 128 Å². The summed E-state index contributed by atoms with van der Waals surface area (Å²) in [7, 11) is 0. The number of carbonyl (C=O) groups is 2. The van der Waals surface area contributed by atoms with Crippen LogP contribution in [0.3, 0.4) is 0 Å². The third kappa shape index (κ3) is 5.39. The van der Waals surface area contributed by atoms with Gasteiger partial charge in [0, 0.05) is 29.1 Å². The molecule has 1 rings (SSSR count). The number of halogens is 2. The van der Waals surface area contributed by atoms with Crippen molar-refractivity contribution in [3.05, 3.63) is 33.8 Å². The third-order valence-electron chi connectivity index (χ3n) is 2.67. The molecule has 0 aromatic heterocycles. The highest BCUT2D eigenvalue weighted by Gasteiger charge is 2.10. The second-order valence-corrected chi connectivity index (χ2v) is 5.49. The van der Waals surface area contributed by atoms with Gasteiger partial charge in [0.1, 0.15) is 0 Å². The molecular formula is C14H18Cl2N2O2. The maximum absolute atomic E-state index is 11.8. The van der Waals surface area contributed by atoms with Crippen LogP contribution in [0.1, 0.15) is 19.4 Å². The first-order valence-corrected chi connectivity index (χ1v) is 7.14. The zero-order valence-corrected chi connectivity index (χ0v) is 13.0. The minimum atomic E-state index is -0.182. The summed E-state index contributed by atoms with van der Waals surface area (Å²) in [6.07, 6.45) is 0.122. The van der Waals surface area contributed by atoms with E-state index in [-0.39, 0.29) is 24.2 Å². The maximum Gasteiger partial charge on any atom is 0.224 e. The highest BCUT2D eigenvalue weighted by atomic mass is 35.5. The molecule has 1 aromatic rings. The van der Waals surface area contributed by atoms with Gasteiger partial charge in [0.25, 0.3) is 0 Å². The van der Waals surface area contributed by atoms with Gasteiger partial charge in [-0.3, -0.25) is 9.59 Å². The van der Waals surface area contributed by atoms with Crippen LogP contribution in [0.5, 0.6) is 0 Å². The lowest BCUT2D eigenvalue weighted by Gasteiger charge is -2.10. The molecule has 0 atom stereocenters. The van der Waals surface area contributed by atoms with Crippen molar-refractivity contribution in [3.63, 3.8) is 0 Å². The van der Waals surface area contributed by atoms with Crippen molar-refractivity contribution in [2.45, 2.75) is 20.3 Å². The molecule has 0 spiro atoms. The fourth-order valence-electron chi connectivity index (χ4n) is 1.52. The molecule has 0 heterocycles. The van der Waals surface area contributed by atoms with Crippen LogP contribution in [-0.4, -0.2) is 24.9 Å². The molecule has 0 aliphatic rings. The number of benzene rings is 1. The SMILES string of the molecule is CC(C)C(=O)NCCNC(=O)Cc1c(Cl)cccc1Cl. The van der Waals surface area contributed by atoms with E-state index in [4.69, 9.17) is 23.2 Å². The Bertz CT molecular complexity index is 470. The van der Waals surface area contributed by atoms with E-state index < -0.39 is 0 Å². The first kappa shape index (κ1) is 16.8. The van der Waals surface area contributed by atoms with Gasteiger partial charge < -0.3 is 10.6 Å². The predicted molar refractivity (Wildman–Crippen MR) is 81.0 cm³/mol. The minimum absolute atomic E-state index is 0.0339. The fraction of sp³-hybridized carbons (Fsp3) is 0.429. The number of rotatable bonds is 6. The van der Waals surface area contributed by atoms with Crippen LogP contribution in [0.2, 0.25) is 10.0 Å². The molecule has 0 saturated heterocycles. The summed E-state index contributed by atoms with van der Waals surface area (Å²) < 4.78 is 0. The van der Waals surface area contributed by atoms with Crippen molar-refractivity contribution in [1.82, 2.24) is 10.6 Å². The third-order valence-corrected chi connectivity index (χ3v) is 3.38. The maximum atomic E-state index is 11.8. The van der Waals surface area contributed by atoms with Gasteiger partial charge in [-0.1, -0.05) is 43.1 Å². The number of hydrogen-bond donors (Lipinski definition) is 2. The van der Waals surface area contributed by atoms with E-state index in [0.29, 0.717) is 28.7 Å². The summed E-state index contributed by atoms with van der Waals surface area (Å²) in [5.74, 6) is -0.278. The smallest absolute Gasteiger partial charge is 0.224 e. The predicted octanol–water partition coefficient (Wildman–Crippen LogP) is 2.42. The zero-order valence-electron chi connectivity index (χ0n) is 11.5. The van der Waals surface area contributed by atoms with Crippen molar-refractivity contribution >= 4 is 35.0 Å². The number of carbonyl (C=O) groups excluding carboxylic acids is 2. The van der Waals surface area contributed by atoms with Crippen LogP contribution < -0.4 is 10.6 Å². The molecule has 2 N–H and O–H groups in total. The van der Waals surface area contributed by atoms with Crippen LogP contribution in [-0.2, 0) is 16.0 Å². The largest absolute Gasteiger partial charge is 0.354 e. The van der Waals surface area contributed by atoms with Crippen LogP contribution in [0.15, 0.2) is 18.2 Å². The first-order chi connectivity index (χ1) is 9.41. The van der Waals surface area contributed by atoms with Crippen molar-refractivity contribution < 1.29 is 9.59 Å². The Balaban J connectivity index is 2.36. The Morgan fingerprint density at radius 1 is 1.10 bits per heavy atom. The van der Waals surface area contributed by atoms with Gasteiger partial charge in [-0.15, -0.1) is 0 Å². The van der Waals surface area contributed by atoms with Gasteiger partial charge in [-0.05, 0) is 17.7 Å². The Hall–Kier alpha value is -1.26. The lowest BCUT2D eigenvalue weighted by Crippen LogP contribution is -2.36. The van der Waals surface area contributed by atoms with E-state index in [1.54, 1.807) is 18.2 Å². The summed E-state index contributed by atoms with van der Waals surface area (Å²) >= 11 is 12.0. The first-order valence-electron chi connectivity index (χ1n) is 6.39. The second kappa shape index (κ2) is 8.12. The van der Waals surface area contributed by atoms with Crippen molar-refractivity contribution in [1.29, 1.82) is 0 Å². The second-order valence-electron chi connectivity index (χ2n) is 4.67. The van der Waals surface area contributed by atoms with E-state index in [1.807, 2.05) is 13.8 Å². The molecule has 0 fully saturated rings. The molecule has 0 bridgehead atoms. The molecule has 0 aliphatic heterocycles. The molecule has 0 radical (unpaired) electrons. The summed E-state index contributed by atoms with van der Waals surface area (Å²) in [6, 6.07) is 5.12. The summed E-state index contributed by atoms with van der Waals surface area (Å²) in [5, 5.41) is 6.37. The lowest BCUT2D eigenvalue weighted by atomic mass is 10.1. The minimum Gasteiger partial charge on any atom is -0.354 e. The van der Waals surface area contributed by atoms with E-state index in [9.17, 15) is 9.59 Å². The van der Waals surface area contributed by atoms with Gasteiger partial charge in [0.05, 0.1) is 6.42 Å². The summed E-state index contributed by atoms with van der Waals surface area (Å²) in [5.41, 5.74) is 0.611. The Morgan fingerprint density at radius 2 is 1.65 bits per heavy atom. The van der Waals surface area contributed by atoms with Gasteiger partial charge in [0.2, 0.25) is 11.8 Å². The number of hydrogen-bond acceptors (Lipinski definition) is 2. The van der Waals surface area contributed by atoms with Crippen LogP contribution in [0, 0.1) is 5.92 Å². The Kier molecular flexibility index (Phi) is 6.82. The molecule has 6 heteroatoms. The molecular weight excluding hydrogens is 299 g/mol. The highest BCUT2D eigenvalue weighted by Crippen LogP contribution is 2.24. The summed E-state index contributed by atoms with van der Waals surface area (Å²) in [6.45, 7) is 4.40. The highest BCUT2D eigenvalue weighted by molar-refractivity contribution is 6.36. The molecule has 110 valence electrons.